The first kappa shape index (κ1) is 16.8. The molecule has 2 N–H and O–H groups in total. The van der Waals surface area contributed by atoms with Gasteiger partial charge in [0.05, 0.1) is 0 Å². The molecule has 0 aromatic heterocycles. The van der Waals surface area contributed by atoms with E-state index in [2.05, 4.69) is 15.8 Å². The number of carbonyl (C=O) groups is 2. The van der Waals surface area contributed by atoms with Crippen molar-refractivity contribution in [3.8, 4) is 0 Å². The quantitative estimate of drug-likeness (QED) is 0.354. The molecule has 0 spiro atoms. The molecule has 0 heterocycles. The number of Topliss-reactive ketones (excluding diaryl/α,β-unsaturated/α-hetero) is 1. The molecule has 1 amide bonds. The minimum atomic E-state index is -0.0540. The molecular weight excluding hydrogens is 230 g/mol. The van der Waals surface area contributed by atoms with Gasteiger partial charge < -0.3 is 10.1 Å². The number of hydrogen-bond acceptors (Lipinski definition) is 4. The highest BCUT2D eigenvalue weighted by atomic mass is 16.2. The molecule has 0 rings (SSSR count). The van der Waals surface area contributed by atoms with Gasteiger partial charge in [-0.1, -0.05) is 6.42 Å². The number of unbranched alkanes of at least 4 members (excludes halogenated alkanes) is 2. The average molecular weight is 255 g/mol. The predicted molar refractivity (Wildman–Crippen MR) is 73.6 cm³/mol. The van der Waals surface area contributed by atoms with Crippen LogP contribution in [0.4, 0.5) is 0 Å². The highest BCUT2D eigenvalue weighted by Gasteiger charge is 2.01. The van der Waals surface area contributed by atoms with Crippen molar-refractivity contribution in [3.63, 3.8) is 0 Å². The van der Waals surface area contributed by atoms with E-state index in [0.717, 1.165) is 31.5 Å². The summed E-state index contributed by atoms with van der Waals surface area (Å²) in [6, 6.07) is 0. The van der Waals surface area contributed by atoms with Crippen LogP contribution in [-0.2, 0) is 9.59 Å². The van der Waals surface area contributed by atoms with Crippen LogP contribution in [0.15, 0.2) is 5.10 Å². The summed E-state index contributed by atoms with van der Waals surface area (Å²) >= 11 is 0. The van der Waals surface area contributed by atoms with Gasteiger partial charge in [-0.3, -0.25) is 4.79 Å². The Kier molecular flexibility index (Phi) is 10.2. The van der Waals surface area contributed by atoms with Gasteiger partial charge in [0.15, 0.2) is 0 Å². The zero-order chi connectivity index (χ0) is 13.8. The van der Waals surface area contributed by atoms with E-state index < -0.39 is 0 Å². The maximum absolute atomic E-state index is 11.4. The number of hydrazone groups is 1. The van der Waals surface area contributed by atoms with Gasteiger partial charge in [0, 0.05) is 18.6 Å². The third-order valence-corrected chi connectivity index (χ3v) is 2.54. The number of rotatable bonds is 10. The lowest BCUT2D eigenvalue weighted by Crippen LogP contribution is -2.18. The third-order valence-electron chi connectivity index (χ3n) is 2.54. The molecule has 0 bridgehead atoms. The van der Waals surface area contributed by atoms with Crippen molar-refractivity contribution in [2.45, 2.75) is 52.4 Å². The summed E-state index contributed by atoms with van der Waals surface area (Å²) in [5.41, 5.74) is 3.31. The van der Waals surface area contributed by atoms with Crippen LogP contribution in [0, 0.1) is 0 Å². The smallest absolute Gasteiger partial charge is 0.240 e. The number of carbonyl (C=O) groups excluding carboxylic acids is 2. The van der Waals surface area contributed by atoms with Crippen molar-refractivity contribution in [2.75, 3.05) is 13.6 Å². The monoisotopic (exact) mass is 255 g/mol. The number of amides is 1. The number of hydrogen-bond donors (Lipinski definition) is 2. The molecule has 0 atom stereocenters. The fourth-order valence-corrected chi connectivity index (χ4v) is 1.39. The summed E-state index contributed by atoms with van der Waals surface area (Å²) in [5, 5.41) is 7.03. The van der Waals surface area contributed by atoms with E-state index in [1.165, 1.54) is 0 Å². The van der Waals surface area contributed by atoms with Gasteiger partial charge in [0.2, 0.25) is 5.91 Å². The first-order valence-electron chi connectivity index (χ1n) is 6.52. The maximum Gasteiger partial charge on any atom is 0.240 e. The Bertz CT molecular complexity index is 288. The van der Waals surface area contributed by atoms with Crippen LogP contribution in [0.5, 0.6) is 0 Å². The Morgan fingerprint density at radius 3 is 2.33 bits per heavy atom. The van der Waals surface area contributed by atoms with Gasteiger partial charge in [-0.15, -0.1) is 0 Å². The van der Waals surface area contributed by atoms with Crippen LogP contribution in [0.3, 0.4) is 0 Å². The largest absolute Gasteiger partial charge is 0.320 e. The SMILES string of the molecule is CNCCCCCC(=O)N/N=C(\C)CCC(C)=O. The van der Waals surface area contributed by atoms with Crippen molar-refractivity contribution >= 4 is 17.4 Å². The van der Waals surface area contributed by atoms with E-state index >= 15 is 0 Å². The standard InChI is InChI=1S/C13H25N3O2/c1-11(8-9-12(2)17)15-16-13(18)7-5-4-6-10-14-3/h14H,4-10H2,1-3H3,(H,16,18)/b15-11+. The van der Waals surface area contributed by atoms with Crippen LogP contribution >= 0.6 is 0 Å². The summed E-state index contributed by atoms with van der Waals surface area (Å²) in [6.45, 7) is 4.36. The van der Waals surface area contributed by atoms with Crippen LogP contribution < -0.4 is 10.7 Å². The second-order valence-corrected chi connectivity index (χ2v) is 4.50. The zero-order valence-corrected chi connectivity index (χ0v) is 11.7. The van der Waals surface area contributed by atoms with Crippen LogP contribution in [0.2, 0.25) is 0 Å². The van der Waals surface area contributed by atoms with Crippen molar-refractivity contribution in [1.29, 1.82) is 0 Å². The lowest BCUT2D eigenvalue weighted by atomic mass is 10.2. The normalized spacial score (nSPS) is 11.4. The van der Waals surface area contributed by atoms with Gasteiger partial charge in [-0.25, -0.2) is 5.43 Å². The molecule has 0 aliphatic heterocycles. The Hall–Kier alpha value is -1.23. The van der Waals surface area contributed by atoms with Crippen LogP contribution in [0.25, 0.3) is 0 Å². The second-order valence-electron chi connectivity index (χ2n) is 4.50. The molecule has 5 heteroatoms. The second kappa shape index (κ2) is 10.9. The summed E-state index contributed by atoms with van der Waals surface area (Å²) in [7, 11) is 1.92. The van der Waals surface area contributed by atoms with Gasteiger partial charge in [0.1, 0.15) is 5.78 Å². The number of nitrogens with one attached hydrogen (secondary N) is 2. The molecule has 0 aliphatic rings. The van der Waals surface area contributed by atoms with Gasteiger partial charge in [0.25, 0.3) is 0 Å². The molecular formula is C13H25N3O2. The fraction of sp³-hybridized carbons (Fsp3) is 0.769. The topological polar surface area (TPSA) is 70.6 Å². The van der Waals surface area contributed by atoms with E-state index in [0.29, 0.717) is 19.3 Å². The Morgan fingerprint density at radius 1 is 1.00 bits per heavy atom. The van der Waals surface area contributed by atoms with Crippen molar-refractivity contribution in [2.24, 2.45) is 5.10 Å². The van der Waals surface area contributed by atoms with E-state index in [1.54, 1.807) is 6.92 Å². The highest BCUT2D eigenvalue weighted by Crippen LogP contribution is 1.99. The minimum Gasteiger partial charge on any atom is -0.320 e. The molecule has 0 aromatic rings. The summed E-state index contributed by atoms with van der Waals surface area (Å²) in [6.07, 6.45) is 4.61. The summed E-state index contributed by atoms with van der Waals surface area (Å²) in [4.78, 5) is 22.2. The average Bonchev–Trinajstić information content (AvgIpc) is 2.33. The van der Waals surface area contributed by atoms with Gasteiger partial charge in [-0.05, 0) is 46.7 Å². The van der Waals surface area contributed by atoms with Gasteiger partial charge >= 0.3 is 0 Å². The number of ketones is 1. The minimum absolute atomic E-state index is 0.0540. The Balaban J connectivity index is 3.61. The van der Waals surface area contributed by atoms with E-state index in [4.69, 9.17) is 0 Å². The van der Waals surface area contributed by atoms with Crippen molar-refractivity contribution < 1.29 is 9.59 Å². The molecule has 0 aliphatic carbocycles. The number of nitrogens with zero attached hydrogens (tertiary/aromatic N) is 1. The van der Waals surface area contributed by atoms with Crippen molar-refractivity contribution in [1.82, 2.24) is 10.7 Å². The van der Waals surface area contributed by atoms with Crippen molar-refractivity contribution in [3.05, 3.63) is 0 Å². The molecule has 0 unspecified atom stereocenters. The van der Waals surface area contributed by atoms with Gasteiger partial charge in [-0.2, -0.15) is 5.10 Å². The fourth-order valence-electron chi connectivity index (χ4n) is 1.39. The van der Waals surface area contributed by atoms with Crippen LogP contribution in [-0.4, -0.2) is 31.0 Å². The molecule has 0 radical (unpaired) electrons. The molecule has 0 aromatic carbocycles. The Morgan fingerprint density at radius 2 is 1.72 bits per heavy atom. The molecule has 0 saturated carbocycles. The lowest BCUT2D eigenvalue weighted by molar-refractivity contribution is -0.121. The predicted octanol–water partition coefficient (Wildman–Crippen LogP) is 1.63. The molecule has 0 saturated heterocycles. The maximum atomic E-state index is 11.4. The van der Waals surface area contributed by atoms with Crippen LogP contribution in [0.1, 0.15) is 52.4 Å². The molecule has 0 fully saturated rings. The zero-order valence-electron chi connectivity index (χ0n) is 11.7. The molecule has 5 nitrogen and oxygen atoms in total. The highest BCUT2D eigenvalue weighted by molar-refractivity contribution is 5.88. The molecule has 18 heavy (non-hydrogen) atoms. The lowest BCUT2D eigenvalue weighted by Gasteiger charge is -2.02. The van der Waals surface area contributed by atoms with E-state index in [9.17, 15) is 9.59 Å². The summed E-state index contributed by atoms with van der Waals surface area (Å²) < 4.78 is 0. The van der Waals surface area contributed by atoms with E-state index in [1.807, 2.05) is 14.0 Å². The molecule has 104 valence electrons. The summed E-state index contributed by atoms with van der Waals surface area (Å²) in [5.74, 6) is 0.0852. The Labute approximate surface area is 109 Å². The third kappa shape index (κ3) is 11.3. The first-order chi connectivity index (χ1) is 8.56. The first-order valence-corrected chi connectivity index (χ1v) is 6.52. The van der Waals surface area contributed by atoms with E-state index in [-0.39, 0.29) is 11.7 Å².